The fourth-order valence-corrected chi connectivity index (χ4v) is 3.29. The van der Waals surface area contributed by atoms with E-state index >= 15 is 0 Å². The van der Waals surface area contributed by atoms with E-state index in [0.717, 1.165) is 56.5 Å². The van der Waals surface area contributed by atoms with Crippen molar-refractivity contribution < 1.29 is 4.79 Å². The first-order valence-electron chi connectivity index (χ1n) is 7.98. The summed E-state index contributed by atoms with van der Waals surface area (Å²) in [4.78, 5) is 27.1. The molecule has 0 aromatic carbocycles. The number of rotatable bonds is 4. The molecular weight excluding hydrogens is 302 g/mol. The molecule has 0 radical (unpaired) electrons. The Kier molecular flexibility index (Phi) is 6.03. The number of hydrogen-bond donors (Lipinski definition) is 3. The van der Waals surface area contributed by atoms with Crippen LogP contribution in [0.25, 0.3) is 0 Å². The molecule has 1 aliphatic carbocycles. The molecule has 1 aromatic rings. The van der Waals surface area contributed by atoms with Crippen LogP contribution in [0.4, 0.5) is 0 Å². The van der Waals surface area contributed by atoms with Crippen molar-refractivity contribution in [3.63, 3.8) is 0 Å². The van der Waals surface area contributed by atoms with Crippen molar-refractivity contribution in [2.75, 3.05) is 19.6 Å². The second-order valence-electron chi connectivity index (χ2n) is 6.13. The minimum Gasteiger partial charge on any atom is -0.352 e. The van der Waals surface area contributed by atoms with E-state index in [1.54, 1.807) is 6.07 Å². The largest absolute Gasteiger partial charge is 0.352 e. The van der Waals surface area contributed by atoms with Crippen molar-refractivity contribution in [3.05, 3.63) is 33.2 Å². The minimum atomic E-state index is -0.254. The molecule has 1 saturated heterocycles. The molecular formula is C16H24ClN3O2. The molecule has 6 heteroatoms. The molecule has 3 rings (SSSR count). The van der Waals surface area contributed by atoms with E-state index in [9.17, 15) is 9.59 Å². The smallest absolute Gasteiger partial charge is 0.261 e. The molecule has 1 aliphatic heterocycles. The van der Waals surface area contributed by atoms with Crippen LogP contribution in [0.5, 0.6) is 0 Å². The van der Waals surface area contributed by atoms with Gasteiger partial charge in [0.2, 0.25) is 0 Å². The highest BCUT2D eigenvalue weighted by Gasteiger charge is 2.18. The zero-order valence-electron chi connectivity index (χ0n) is 12.7. The number of aromatic amines is 1. The molecule has 1 unspecified atom stereocenters. The van der Waals surface area contributed by atoms with Gasteiger partial charge in [-0.15, -0.1) is 12.4 Å². The number of aromatic nitrogens is 1. The average Bonchev–Trinajstić information content (AvgIpc) is 2.99. The first-order chi connectivity index (χ1) is 10.2. The SMILES string of the molecule is Cl.O=C(NCCC1CCNC1)c1cc2c([nH]c1=O)CCCC2. The lowest BCUT2D eigenvalue weighted by Gasteiger charge is -2.16. The summed E-state index contributed by atoms with van der Waals surface area (Å²) in [6, 6.07) is 1.79. The summed E-state index contributed by atoms with van der Waals surface area (Å²) in [6.45, 7) is 2.75. The van der Waals surface area contributed by atoms with Crippen molar-refractivity contribution in [1.29, 1.82) is 0 Å². The topological polar surface area (TPSA) is 74.0 Å². The Morgan fingerprint density at radius 1 is 1.32 bits per heavy atom. The normalized spacial score (nSPS) is 20.1. The Morgan fingerprint density at radius 3 is 2.91 bits per heavy atom. The van der Waals surface area contributed by atoms with E-state index in [1.165, 1.54) is 6.42 Å². The number of carbonyl (C=O) groups is 1. The fraction of sp³-hybridized carbons (Fsp3) is 0.625. The van der Waals surface area contributed by atoms with E-state index in [1.807, 2.05) is 0 Å². The van der Waals surface area contributed by atoms with Crippen LogP contribution in [0.2, 0.25) is 0 Å². The molecule has 1 atom stereocenters. The van der Waals surface area contributed by atoms with Gasteiger partial charge in [0, 0.05) is 12.2 Å². The Morgan fingerprint density at radius 2 is 2.14 bits per heavy atom. The summed E-state index contributed by atoms with van der Waals surface area (Å²) in [7, 11) is 0. The third kappa shape index (κ3) is 3.90. The number of aryl methyl sites for hydroxylation is 2. The molecule has 2 heterocycles. The molecule has 3 N–H and O–H groups in total. The summed E-state index contributed by atoms with van der Waals surface area (Å²) >= 11 is 0. The van der Waals surface area contributed by atoms with Gasteiger partial charge in [-0.05, 0) is 69.2 Å². The van der Waals surface area contributed by atoms with Gasteiger partial charge in [-0.2, -0.15) is 0 Å². The van der Waals surface area contributed by atoms with E-state index in [0.29, 0.717) is 12.5 Å². The van der Waals surface area contributed by atoms with Gasteiger partial charge in [-0.25, -0.2) is 0 Å². The average molecular weight is 326 g/mol. The van der Waals surface area contributed by atoms with Gasteiger partial charge in [0.1, 0.15) is 5.56 Å². The van der Waals surface area contributed by atoms with Crippen molar-refractivity contribution in [1.82, 2.24) is 15.6 Å². The van der Waals surface area contributed by atoms with Crippen molar-refractivity contribution >= 4 is 18.3 Å². The standard InChI is InChI=1S/C16H23N3O2.ClH/c20-15(18-8-6-11-5-7-17-10-11)13-9-12-3-1-2-4-14(12)19-16(13)21;/h9,11,17H,1-8,10H2,(H,18,20)(H,19,21);1H. The lowest BCUT2D eigenvalue weighted by molar-refractivity contribution is 0.0950. The van der Waals surface area contributed by atoms with Crippen LogP contribution in [0.15, 0.2) is 10.9 Å². The highest BCUT2D eigenvalue weighted by Crippen LogP contribution is 2.18. The summed E-state index contributed by atoms with van der Waals surface area (Å²) in [6.07, 6.45) is 6.27. The summed E-state index contributed by atoms with van der Waals surface area (Å²) in [5.41, 5.74) is 2.15. The molecule has 0 bridgehead atoms. The van der Waals surface area contributed by atoms with Crippen molar-refractivity contribution in [2.45, 2.75) is 38.5 Å². The molecule has 1 aromatic heterocycles. The van der Waals surface area contributed by atoms with Crippen molar-refractivity contribution in [3.8, 4) is 0 Å². The van der Waals surface area contributed by atoms with Gasteiger partial charge in [-0.3, -0.25) is 9.59 Å². The molecule has 0 spiro atoms. The zero-order valence-corrected chi connectivity index (χ0v) is 13.6. The third-order valence-electron chi connectivity index (χ3n) is 4.58. The van der Waals surface area contributed by atoms with Crippen LogP contribution in [0.3, 0.4) is 0 Å². The fourth-order valence-electron chi connectivity index (χ4n) is 3.29. The van der Waals surface area contributed by atoms with E-state index in [-0.39, 0.29) is 29.4 Å². The highest BCUT2D eigenvalue weighted by atomic mass is 35.5. The molecule has 1 fully saturated rings. The summed E-state index contributed by atoms with van der Waals surface area (Å²) in [5.74, 6) is 0.405. The first kappa shape index (κ1) is 17.0. The van der Waals surface area contributed by atoms with E-state index < -0.39 is 0 Å². The molecule has 0 saturated carbocycles. The number of hydrogen-bond acceptors (Lipinski definition) is 3. The van der Waals surface area contributed by atoms with Gasteiger partial charge in [0.05, 0.1) is 0 Å². The number of amides is 1. The number of nitrogens with one attached hydrogen (secondary N) is 3. The Hall–Kier alpha value is -1.33. The first-order valence-corrected chi connectivity index (χ1v) is 7.98. The molecule has 22 heavy (non-hydrogen) atoms. The lowest BCUT2D eigenvalue weighted by Crippen LogP contribution is -2.32. The maximum Gasteiger partial charge on any atom is 0.261 e. The molecule has 5 nitrogen and oxygen atoms in total. The number of halogens is 1. The number of H-pyrrole nitrogens is 1. The zero-order chi connectivity index (χ0) is 14.7. The number of fused-ring (bicyclic) bond motifs is 1. The van der Waals surface area contributed by atoms with Crippen LogP contribution >= 0.6 is 12.4 Å². The van der Waals surface area contributed by atoms with Gasteiger partial charge in [0.25, 0.3) is 11.5 Å². The minimum absolute atomic E-state index is 0. The Labute approximate surface area is 136 Å². The number of carbonyl (C=O) groups excluding carboxylic acids is 1. The van der Waals surface area contributed by atoms with Crippen molar-refractivity contribution in [2.24, 2.45) is 5.92 Å². The lowest BCUT2D eigenvalue weighted by atomic mass is 9.95. The quantitative estimate of drug-likeness (QED) is 0.783. The highest BCUT2D eigenvalue weighted by molar-refractivity contribution is 5.94. The Balaban J connectivity index is 0.00000176. The van der Waals surface area contributed by atoms with Crippen LogP contribution in [-0.4, -0.2) is 30.5 Å². The predicted molar refractivity (Wildman–Crippen MR) is 88.9 cm³/mol. The monoisotopic (exact) mass is 325 g/mol. The van der Waals surface area contributed by atoms with Crippen LogP contribution in [0, 0.1) is 5.92 Å². The maximum absolute atomic E-state index is 12.2. The van der Waals surface area contributed by atoms with Gasteiger partial charge < -0.3 is 15.6 Å². The van der Waals surface area contributed by atoms with Gasteiger partial charge >= 0.3 is 0 Å². The van der Waals surface area contributed by atoms with Crippen LogP contribution in [0.1, 0.15) is 47.3 Å². The molecule has 122 valence electrons. The second-order valence-corrected chi connectivity index (χ2v) is 6.13. The maximum atomic E-state index is 12.2. The molecule has 2 aliphatic rings. The second kappa shape index (κ2) is 7.79. The number of pyridine rings is 1. The molecule has 1 amide bonds. The van der Waals surface area contributed by atoms with E-state index in [4.69, 9.17) is 0 Å². The van der Waals surface area contributed by atoms with E-state index in [2.05, 4.69) is 15.6 Å². The third-order valence-corrected chi connectivity index (χ3v) is 4.58. The van der Waals surface area contributed by atoms with Crippen LogP contribution in [-0.2, 0) is 12.8 Å². The Bertz CT molecular complexity index is 579. The van der Waals surface area contributed by atoms with Gasteiger partial charge in [0.15, 0.2) is 0 Å². The summed E-state index contributed by atoms with van der Waals surface area (Å²) < 4.78 is 0. The summed E-state index contributed by atoms with van der Waals surface area (Å²) in [5, 5.41) is 6.20. The van der Waals surface area contributed by atoms with Crippen LogP contribution < -0.4 is 16.2 Å². The van der Waals surface area contributed by atoms with Gasteiger partial charge in [-0.1, -0.05) is 0 Å². The predicted octanol–water partition coefficient (Wildman–Crippen LogP) is 1.40.